The van der Waals surface area contributed by atoms with Crippen LogP contribution in [-0.4, -0.2) is 23.5 Å². The van der Waals surface area contributed by atoms with E-state index >= 15 is 0 Å². The third kappa shape index (κ3) is 4.78. The molecule has 18 heavy (non-hydrogen) atoms. The van der Waals surface area contributed by atoms with E-state index < -0.39 is 11.8 Å². The van der Waals surface area contributed by atoms with Gasteiger partial charge in [0.15, 0.2) is 0 Å². The first-order valence-corrected chi connectivity index (χ1v) is 5.40. The van der Waals surface area contributed by atoms with E-state index in [1.807, 2.05) is 0 Å². The first kappa shape index (κ1) is 13.9. The largest absolute Gasteiger partial charge is 0.481 e. The van der Waals surface area contributed by atoms with Crippen molar-refractivity contribution in [1.29, 1.82) is 0 Å². The molecule has 96 valence electrons. The molecule has 0 saturated heterocycles. The average Bonchev–Trinajstić information content (AvgIpc) is 2.27. The predicted molar refractivity (Wildman–Crippen MR) is 65.5 cm³/mol. The Bertz CT molecular complexity index is 483. The van der Waals surface area contributed by atoms with Gasteiger partial charge in [0.1, 0.15) is 5.82 Å². The Kier molecular flexibility index (Phi) is 5.05. The van der Waals surface area contributed by atoms with Crippen molar-refractivity contribution < 1.29 is 19.1 Å². The number of hydrogen-bond donors (Lipinski definition) is 2. The highest BCUT2D eigenvalue weighted by atomic mass is 19.1. The molecule has 5 heteroatoms. The van der Waals surface area contributed by atoms with Gasteiger partial charge in [-0.15, -0.1) is 0 Å². The highest BCUT2D eigenvalue weighted by Crippen LogP contribution is 2.14. The lowest BCUT2D eigenvalue weighted by Crippen LogP contribution is -2.19. The zero-order chi connectivity index (χ0) is 13.5. The summed E-state index contributed by atoms with van der Waals surface area (Å²) in [7, 11) is 0. The third-order valence-electron chi connectivity index (χ3n) is 2.22. The second-order valence-electron chi connectivity index (χ2n) is 3.75. The quantitative estimate of drug-likeness (QED) is 0.835. The molecule has 4 nitrogen and oxygen atoms in total. The Morgan fingerprint density at radius 1 is 1.44 bits per heavy atom. The smallest absolute Gasteiger partial charge is 0.307 e. The minimum atomic E-state index is -0.974. The second-order valence-corrected chi connectivity index (χ2v) is 3.75. The van der Waals surface area contributed by atoms with Crippen LogP contribution >= 0.6 is 0 Å². The molecule has 0 aliphatic carbocycles. The van der Waals surface area contributed by atoms with E-state index in [-0.39, 0.29) is 12.3 Å². The van der Waals surface area contributed by atoms with Crippen LogP contribution < -0.4 is 5.32 Å². The summed E-state index contributed by atoms with van der Waals surface area (Å²) in [6, 6.07) is 3.94. The maximum Gasteiger partial charge on any atom is 0.307 e. The van der Waals surface area contributed by atoms with Crippen LogP contribution in [0.25, 0.3) is 6.08 Å². The average molecular weight is 251 g/mol. The second kappa shape index (κ2) is 6.54. The molecular formula is C13H14FNO3. The van der Waals surface area contributed by atoms with Crippen LogP contribution in [0.5, 0.6) is 0 Å². The number of rotatable bonds is 5. The van der Waals surface area contributed by atoms with Crippen LogP contribution in [0.4, 0.5) is 4.39 Å². The number of hydrogen-bond acceptors (Lipinski definition) is 2. The van der Waals surface area contributed by atoms with Gasteiger partial charge in [-0.2, -0.15) is 0 Å². The van der Waals surface area contributed by atoms with Crippen LogP contribution in [0.15, 0.2) is 24.3 Å². The molecule has 0 atom stereocenters. The fourth-order valence-corrected chi connectivity index (χ4v) is 1.43. The predicted octanol–water partition coefficient (Wildman–Crippen LogP) is 1.60. The molecule has 1 amide bonds. The van der Waals surface area contributed by atoms with Crippen molar-refractivity contribution in [3.05, 3.63) is 41.2 Å². The summed E-state index contributed by atoms with van der Waals surface area (Å²) >= 11 is 0. The lowest BCUT2D eigenvalue weighted by atomic mass is 10.0. The van der Waals surface area contributed by atoms with Crippen molar-refractivity contribution in [1.82, 2.24) is 5.32 Å². The van der Waals surface area contributed by atoms with E-state index in [0.717, 1.165) is 0 Å². The molecule has 0 saturated carbocycles. The standard InChI is InChI=1S/C13H14FNO3/c1-9(16)15-6-2-3-10-7-12(14)5-4-11(10)8-13(17)18/h2-5,7H,6,8H2,1H3,(H,15,16)(H,17,18). The Balaban J connectivity index is 2.81. The lowest BCUT2D eigenvalue weighted by Gasteiger charge is -2.03. The van der Waals surface area contributed by atoms with Crippen LogP contribution in [-0.2, 0) is 16.0 Å². The molecule has 1 aromatic rings. The molecule has 0 aliphatic heterocycles. The number of amides is 1. The Morgan fingerprint density at radius 3 is 2.78 bits per heavy atom. The van der Waals surface area contributed by atoms with Crippen LogP contribution in [0.2, 0.25) is 0 Å². The maximum atomic E-state index is 13.1. The Morgan fingerprint density at radius 2 is 2.17 bits per heavy atom. The minimum absolute atomic E-state index is 0.162. The van der Waals surface area contributed by atoms with E-state index in [4.69, 9.17) is 5.11 Å². The number of carbonyl (C=O) groups excluding carboxylic acids is 1. The van der Waals surface area contributed by atoms with E-state index in [9.17, 15) is 14.0 Å². The normalized spacial score (nSPS) is 10.6. The van der Waals surface area contributed by atoms with Crippen molar-refractivity contribution in [3.63, 3.8) is 0 Å². The summed E-state index contributed by atoms with van der Waals surface area (Å²) in [4.78, 5) is 21.3. The first-order valence-electron chi connectivity index (χ1n) is 5.40. The van der Waals surface area contributed by atoms with Gasteiger partial charge in [0, 0.05) is 13.5 Å². The number of carboxylic acid groups (broad SMARTS) is 1. The molecule has 0 aliphatic rings. The monoisotopic (exact) mass is 251 g/mol. The van der Waals surface area contributed by atoms with Crippen molar-refractivity contribution in [2.45, 2.75) is 13.3 Å². The van der Waals surface area contributed by atoms with Gasteiger partial charge in [0.2, 0.25) is 5.91 Å². The van der Waals surface area contributed by atoms with E-state index in [1.165, 1.54) is 25.1 Å². The third-order valence-corrected chi connectivity index (χ3v) is 2.22. The van der Waals surface area contributed by atoms with Gasteiger partial charge < -0.3 is 10.4 Å². The summed E-state index contributed by atoms with van der Waals surface area (Å²) in [5.74, 6) is -1.56. The Labute approximate surface area is 104 Å². The number of carbonyl (C=O) groups is 2. The van der Waals surface area contributed by atoms with Gasteiger partial charge >= 0.3 is 5.97 Å². The van der Waals surface area contributed by atoms with Crippen molar-refractivity contribution in [2.24, 2.45) is 0 Å². The van der Waals surface area contributed by atoms with Gasteiger partial charge in [-0.1, -0.05) is 18.2 Å². The van der Waals surface area contributed by atoms with Gasteiger partial charge in [0.05, 0.1) is 6.42 Å². The maximum absolute atomic E-state index is 13.1. The van der Waals surface area contributed by atoms with E-state index in [2.05, 4.69) is 5.32 Å². The summed E-state index contributed by atoms with van der Waals surface area (Å²) in [5.41, 5.74) is 1.03. The number of nitrogens with one attached hydrogen (secondary N) is 1. The molecular weight excluding hydrogens is 237 g/mol. The fraction of sp³-hybridized carbons (Fsp3) is 0.231. The first-order chi connectivity index (χ1) is 8.49. The summed E-state index contributed by atoms with van der Waals surface area (Å²) < 4.78 is 13.1. The highest BCUT2D eigenvalue weighted by molar-refractivity contribution is 5.74. The molecule has 0 aromatic heterocycles. The molecule has 0 bridgehead atoms. The van der Waals surface area contributed by atoms with Gasteiger partial charge in [0.25, 0.3) is 0 Å². The van der Waals surface area contributed by atoms with Crippen LogP contribution in [0.3, 0.4) is 0 Å². The zero-order valence-electron chi connectivity index (χ0n) is 9.94. The number of carboxylic acids is 1. The summed E-state index contributed by atoms with van der Waals surface area (Å²) in [5, 5.41) is 11.3. The van der Waals surface area contributed by atoms with Crippen molar-refractivity contribution in [3.8, 4) is 0 Å². The molecule has 1 rings (SSSR count). The summed E-state index contributed by atoms with van der Waals surface area (Å²) in [6.07, 6.45) is 3.07. The molecule has 2 N–H and O–H groups in total. The van der Waals surface area contributed by atoms with Crippen LogP contribution in [0.1, 0.15) is 18.1 Å². The number of aliphatic carboxylic acids is 1. The van der Waals surface area contributed by atoms with Crippen LogP contribution in [0, 0.1) is 5.82 Å². The van der Waals surface area contributed by atoms with E-state index in [0.29, 0.717) is 17.7 Å². The zero-order valence-corrected chi connectivity index (χ0v) is 9.94. The van der Waals surface area contributed by atoms with Gasteiger partial charge in [-0.05, 0) is 23.3 Å². The van der Waals surface area contributed by atoms with Crippen molar-refractivity contribution >= 4 is 18.0 Å². The van der Waals surface area contributed by atoms with Crippen molar-refractivity contribution in [2.75, 3.05) is 6.54 Å². The van der Waals surface area contributed by atoms with Gasteiger partial charge in [-0.25, -0.2) is 4.39 Å². The number of benzene rings is 1. The molecule has 0 heterocycles. The number of halogens is 1. The molecule has 0 spiro atoms. The highest BCUT2D eigenvalue weighted by Gasteiger charge is 2.05. The Hall–Kier alpha value is -2.17. The fourth-order valence-electron chi connectivity index (χ4n) is 1.43. The van der Waals surface area contributed by atoms with Gasteiger partial charge in [-0.3, -0.25) is 9.59 Å². The molecule has 1 aromatic carbocycles. The SMILES string of the molecule is CC(=O)NCC=Cc1cc(F)ccc1CC(=O)O. The molecule has 0 fully saturated rings. The van der Waals surface area contributed by atoms with E-state index in [1.54, 1.807) is 12.2 Å². The molecule has 0 radical (unpaired) electrons. The molecule has 0 unspecified atom stereocenters. The topological polar surface area (TPSA) is 66.4 Å². The summed E-state index contributed by atoms with van der Waals surface area (Å²) in [6.45, 7) is 1.71. The lowest BCUT2D eigenvalue weighted by molar-refractivity contribution is -0.136. The minimum Gasteiger partial charge on any atom is -0.481 e.